The van der Waals surface area contributed by atoms with Crippen molar-refractivity contribution in [3.05, 3.63) is 0 Å². The first kappa shape index (κ1) is 22.0. The van der Waals surface area contributed by atoms with Crippen LogP contribution in [0.5, 0.6) is 0 Å². The Hall–Kier alpha value is -0.0800. The summed E-state index contributed by atoms with van der Waals surface area (Å²) in [5, 5.41) is 3.58. The average Bonchev–Trinajstić information content (AvgIpc) is 2.85. The summed E-state index contributed by atoms with van der Waals surface area (Å²) in [6.07, 6.45) is 3.94. The molecule has 0 aromatic carbocycles. The molecule has 0 spiro atoms. The highest BCUT2D eigenvalue weighted by atomic mass is 127. The summed E-state index contributed by atoms with van der Waals surface area (Å²) >= 11 is 0. The van der Waals surface area contributed by atoms with Gasteiger partial charge in [0.2, 0.25) is 0 Å². The molecule has 24 heavy (non-hydrogen) atoms. The summed E-state index contributed by atoms with van der Waals surface area (Å²) in [7, 11) is 4.14. The quantitative estimate of drug-likeness (QED) is 0.395. The lowest BCUT2D eigenvalue weighted by molar-refractivity contribution is 0.278. The lowest BCUT2D eigenvalue weighted by atomic mass is 9.97. The molecule has 0 aromatic heterocycles. The standard InChI is InChI=1S/C18H37N5.HI/c1-16(2)14-17-6-10-23(15-17)18(19-3)20-7-11-22-9-5-8-21(4)12-13-22;/h16-17H,5-15H2,1-4H3,(H,19,20);1H. The number of nitrogens with zero attached hydrogens (tertiary/aromatic N) is 4. The van der Waals surface area contributed by atoms with Crippen molar-refractivity contribution in [3.8, 4) is 0 Å². The Bertz CT molecular complexity index is 374. The molecule has 0 bridgehead atoms. The first-order valence-corrected chi connectivity index (χ1v) is 9.45. The molecule has 2 saturated heterocycles. The number of nitrogens with one attached hydrogen (secondary N) is 1. The van der Waals surface area contributed by atoms with Crippen molar-refractivity contribution in [1.82, 2.24) is 20.0 Å². The number of likely N-dealkylation sites (tertiary alicyclic amines) is 1. The molecule has 2 fully saturated rings. The van der Waals surface area contributed by atoms with Crippen molar-refractivity contribution in [2.45, 2.75) is 33.1 Å². The first-order chi connectivity index (χ1) is 11.1. The van der Waals surface area contributed by atoms with Gasteiger partial charge in [0.05, 0.1) is 0 Å². The molecule has 0 radical (unpaired) electrons. The van der Waals surface area contributed by atoms with Gasteiger partial charge in [-0.2, -0.15) is 0 Å². The zero-order valence-corrected chi connectivity index (χ0v) is 18.5. The summed E-state index contributed by atoms with van der Waals surface area (Å²) < 4.78 is 0. The van der Waals surface area contributed by atoms with Crippen LogP contribution in [0.3, 0.4) is 0 Å². The van der Waals surface area contributed by atoms with Crippen molar-refractivity contribution in [2.24, 2.45) is 16.8 Å². The van der Waals surface area contributed by atoms with E-state index in [4.69, 9.17) is 0 Å². The van der Waals surface area contributed by atoms with Gasteiger partial charge in [0.15, 0.2) is 5.96 Å². The van der Waals surface area contributed by atoms with Crippen molar-refractivity contribution in [3.63, 3.8) is 0 Å². The molecule has 2 aliphatic heterocycles. The monoisotopic (exact) mass is 451 g/mol. The number of hydrogen-bond acceptors (Lipinski definition) is 3. The second kappa shape index (κ2) is 11.5. The van der Waals surface area contributed by atoms with E-state index in [1.54, 1.807) is 0 Å². The van der Waals surface area contributed by atoms with Crippen LogP contribution in [0.25, 0.3) is 0 Å². The predicted molar refractivity (Wildman–Crippen MR) is 114 cm³/mol. The summed E-state index contributed by atoms with van der Waals surface area (Å²) in [4.78, 5) is 12.0. The highest BCUT2D eigenvalue weighted by Crippen LogP contribution is 2.23. The largest absolute Gasteiger partial charge is 0.355 e. The Morgan fingerprint density at radius 3 is 2.67 bits per heavy atom. The number of aliphatic imine (C=N–C) groups is 1. The van der Waals surface area contributed by atoms with Gasteiger partial charge in [-0.05, 0) is 51.2 Å². The maximum atomic E-state index is 4.50. The van der Waals surface area contributed by atoms with E-state index in [2.05, 4.69) is 45.9 Å². The smallest absolute Gasteiger partial charge is 0.193 e. The Labute approximate surface area is 166 Å². The second-order valence-corrected chi connectivity index (χ2v) is 7.70. The van der Waals surface area contributed by atoms with Gasteiger partial charge >= 0.3 is 0 Å². The van der Waals surface area contributed by atoms with E-state index >= 15 is 0 Å². The molecule has 0 aromatic rings. The SMILES string of the molecule is CN=C(NCCN1CCCN(C)CC1)N1CCC(CC(C)C)C1.I. The minimum atomic E-state index is 0. The van der Waals surface area contributed by atoms with Gasteiger partial charge in [-0.25, -0.2) is 0 Å². The Kier molecular flexibility index (Phi) is 10.5. The van der Waals surface area contributed by atoms with Crippen molar-refractivity contribution < 1.29 is 0 Å². The maximum absolute atomic E-state index is 4.50. The highest BCUT2D eigenvalue weighted by molar-refractivity contribution is 14.0. The third-order valence-corrected chi connectivity index (χ3v) is 5.13. The summed E-state index contributed by atoms with van der Waals surface area (Å²) in [5.74, 6) is 2.74. The summed E-state index contributed by atoms with van der Waals surface area (Å²) in [5.41, 5.74) is 0. The molecule has 2 heterocycles. The second-order valence-electron chi connectivity index (χ2n) is 7.70. The van der Waals surface area contributed by atoms with Crippen LogP contribution in [0.4, 0.5) is 0 Å². The van der Waals surface area contributed by atoms with Crippen LogP contribution in [0, 0.1) is 11.8 Å². The lowest BCUT2D eigenvalue weighted by Gasteiger charge is -2.24. The molecule has 0 aliphatic carbocycles. The van der Waals surface area contributed by atoms with Crippen LogP contribution in [-0.4, -0.2) is 87.1 Å². The lowest BCUT2D eigenvalue weighted by Crippen LogP contribution is -2.43. The van der Waals surface area contributed by atoms with Gasteiger partial charge in [-0.3, -0.25) is 4.99 Å². The van der Waals surface area contributed by atoms with E-state index in [1.807, 2.05) is 7.05 Å². The molecule has 142 valence electrons. The van der Waals surface area contributed by atoms with Crippen LogP contribution >= 0.6 is 24.0 Å². The fourth-order valence-electron chi connectivity index (χ4n) is 3.87. The van der Waals surface area contributed by atoms with Crippen LogP contribution in [-0.2, 0) is 0 Å². The van der Waals surface area contributed by atoms with Crippen LogP contribution in [0.2, 0.25) is 0 Å². The molecule has 2 aliphatic rings. The minimum absolute atomic E-state index is 0. The van der Waals surface area contributed by atoms with Crippen molar-refractivity contribution >= 4 is 29.9 Å². The van der Waals surface area contributed by atoms with Gasteiger partial charge in [-0.15, -0.1) is 24.0 Å². The average molecular weight is 451 g/mol. The summed E-state index contributed by atoms with van der Waals surface area (Å²) in [6.45, 7) is 14.0. The number of halogens is 1. The van der Waals surface area contributed by atoms with Gasteiger partial charge in [0.25, 0.3) is 0 Å². The molecular weight excluding hydrogens is 413 g/mol. The van der Waals surface area contributed by atoms with Crippen molar-refractivity contribution in [2.75, 3.05) is 66.5 Å². The molecule has 1 unspecified atom stereocenters. The maximum Gasteiger partial charge on any atom is 0.193 e. The van der Waals surface area contributed by atoms with Crippen LogP contribution in [0.1, 0.15) is 33.1 Å². The van der Waals surface area contributed by atoms with Gasteiger partial charge in [-0.1, -0.05) is 13.8 Å². The predicted octanol–water partition coefficient (Wildman–Crippen LogP) is 2.19. The molecule has 2 rings (SSSR count). The molecule has 6 heteroatoms. The molecule has 5 nitrogen and oxygen atoms in total. The first-order valence-electron chi connectivity index (χ1n) is 9.45. The summed E-state index contributed by atoms with van der Waals surface area (Å²) in [6, 6.07) is 0. The molecule has 1 N–H and O–H groups in total. The van der Waals surface area contributed by atoms with E-state index < -0.39 is 0 Å². The van der Waals surface area contributed by atoms with E-state index in [0.717, 1.165) is 37.4 Å². The molecule has 0 amide bonds. The van der Waals surface area contributed by atoms with Gasteiger partial charge < -0.3 is 20.0 Å². The Morgan fingerprint density at radius 1 is 1.17 bits per heavy atom. The normalized spacial score (nSPS) is 24.1. The molecule has 1 atom stereocenters. The van der Waals surface area contributed by atoms with Crippen LogP contribution < -0.4 is 5.32 Å². The number of hydrogen-bond donors (Lipinski definition) is 1. The Morgan fingerprint density at radius 2 is 1.96 bits per heavy atom. The number of likely N-dealkylation sites (N-methyl/N-ethyl adjacent to an activating group) is 1. The van der Waals surface area contributed by atoms with Gasteiger partial charge in [0, 0.05) is 46.3 Å². The van der Waals surface area contributed by atoms with E-state index in [1.165, 1.54) is 52.0 Å². The number of guanidine groups is 1. The van der Waals surface area contributed by atoms with E-state index in [-0.39, 0.29) is 24.0 Å². The molecular formula is C18H38IN5. The van der Waals surface area contributed by atoms with Gasteiger partial charge in [0.1, 0.15) is 0 Å². The zero-order chi connectivity index (χ0) is 16.7. The minimum Gasteiger partial charge on any atom is -0.355 e. The highest BCUT2D eigenvalue weighted by Gasteiger charge is 2.25. The number of rotatable bonds is 5. The van der Waals surface area contributed by atoms with E-state index in [9.17, 15) is 0 Å². The third kappa shape index (κ3) is 7.44. The fourth-order valence-corrected chi connectivity index (χ4v) is 3.87. The third-order valence-electron chi connectivity index (χ3n) is 5.13. The topological polar surface area (TPSA) is 34.1 Å². The fraction of sp³-hybridized carbons (Fsp3) is 0.944. The van der Waals surface area contributed by atoms with Crippen LogP contribution in [0.15, 0.2) is 4.99 Å². The Balaban J connectivity index is 0.00000288. The molecule has 0 saturated carbocycles. The van der Waals surface area contributed by atoms with E-state index in [0.29, 0.717) is 0 Å². The van der Waals surface area contributed by atoms with Crippen molar-refractivity contribution in [1.29, 1.82) is 0 Å². The zero-order valence-electron chi connectivity index (χ0n) is 16.1.